The Kier molecular flexibility index (Phi) is 8.80. The third kappa shape index (κ3) is 7.37. The summed E-state index contributed by atoms with van der Waals surface area (Å²) in [5.74, 6) is 0.829. The highest BCUT2D eigenvalue weighted by Crippen LogP contribution is 2.25. The molecule has 3 aromatic carbocycles. The molecule has 0 radical (unpaired) electrons. The number of nitrogens with zero attached hydrogens (tertiary/aromatic N) is 2. The van der Waals surface area contributed by atoms with Gasteiger partial charge >= 0.3 is 0 Å². The fourth-order valence-electron chi connectivity index (χ4n) is 5.92. The number of carbonyl (C=O) groups excluding carboxylic acids is 1. The van der Waals surface area contributed by atoms with E-state index in [9.17, 15) is 9.18 Å². The zero-order valence-corrected chi connectivity index (χ0v) is 21.9. The topological polar surface area (TPSA) is 23.6 Å². The molecule has 37 heavy (non-hydrogen) atoms. The number of likely N-dealkylation sites (tertiary alicyclic amines) is 1. The third-order valence-corrected chi connectivity index (χ3v) is 8.21. The lowest BCUT2D eigenvalue weighted by Gasteiger charge is -2.32. The summed E-state index contributed by atoms with van der Waals surface area (Å²) in [5.41, 5.74) is 6.19. The Labute approximate surface area is 221 Å². The van der Waals surface area contributed by atoms with Gasteiger partial charge in [-0.1, -0.05) is 54.6 Å². The van der Waals surface area contributed by atoms with Crippen LogP contribution < -0.4 is 0 Å². The van der Waals surface area contributed by atoms with E-state index in [2.05, 4.69) is 58.3 Å². The van der Waals surface area contributed by atoms with E-state index in [1.807, 2.05) is 12.1 Å². The van der Waals surface area contributed by atoms with E-state index in [0.717, 1.165) is 70.5 Å². The quantitative estimate of drug-likeness (QED) is 0.307. The summed E-state index contributed by atoms with van der Waals surface area (Å²) in [6.07, 6.45) is 7.20. The number of rotatable bonds is 9. The molecule has 0 aromatic heterocycles. The first kappa shape index (κ1) is 25.8. The van der Waals surface area contributed by atoms with Gasteiger partial charge in [0.25, 0.3) is 0 Å². The lowest BCUT2D eigenvalue weighted by Crippen LogP contribution is -2.33. The Hall–Kier alpha value is -2.82. The summed E-state index contributed by atoms with van der Waals surface area (Å²) >= 11 is 0. The lowest BCUT2D eigenvalue weighted by molar-refractivity contribution is 0.0974. The molecule has 1 fully saturated rings. The molecule has 5 rings (SSSR count). The molecule has 0 spiro atoms. The van der Waals surface area contributed by atoms with E-state index in [1.165, 1.54) is 35.1 Å². The average molecular weight is 499 g/mol. The molecule has 3 aromatic rings. The maximum absolute atomic E-state index is 13.1. The molecule has 0 saturated carbocycles. The van der Waals surface area contributed by atoms with E-state index in [1.54, 1.807) is 12.1 Å². The van der Waals surface area contributed by atoms with Crippen LogP contribution in [0.15, 0.2) is 72.8 Å². The molecule has 0 aliphatic carbocycles. The Morgan fingerprint density at radius 3 is 2.14 bits per heavy atom. The van der Waals surface area contributed by atoms with Gasteiger partial charge in [-0.05, 0) is 98.0 Å². The van der Waals surface area contributed by atoms with Crippen LogP contribution in [-0.4, -0.2) is 41.8 Å². The molecule has 0 amide bonds. The van der Waals surface area contributed by atoms with Gasteiger partial charge in [0.1, 0.15) is 5.82 Å². The van der Waals surface area contributed by atoms with Crippen molar-refractivity contribution in [3.63, 3.8) is 0 Å². The van der Waals surface area contributed by atoms with Crippen molar-refractivity contribution in [3.05, 3.63) is 106 Å². The SMILES string of the molecule is O=C(CCCC1CCN(Cc2ccc(F)cc2)CC1)c1ccc2c(c1)CCN(Cc1ccccc1)CC2. The minimum atomic E-state index is -0.173. The second kappa shape index (κ2) is 12.6. The smallest absolute Gasteiger partial charge is 0.162 e. The first-order chi connectivity index (χ1) is 18.1. The monoisotopic (exact) mass is 498 g/mol. The summed E-state index contributed by atoms with van der Waals surface area (Å²) in [7, 11) is 0. The summed E-state index contributed by atoms with van der Waals surface area (Å²) in [5, 5.41) is 0. The van der Waals surface area contributed by atoms with Gasteiger partial charge in [-0.3, -0.25) is 14.6 Å². The molecule has 0 N–H and O–H groups in total. The first-order valence-electron chi connectivity index (χ1n) is 14.0. The molecule has 2 heterocycles. The number of halogens is 1. The predicted molar refractivity (Wildman–Crippen MR) is 148 cm³/mol. The molecule has 2 aliphatic rings. The van der Waals surface area contributed by atoms with Gasteiger partial charge in [0.2, 0.25) is 0 Å². The number of hydrogen-bond acceptors (Lipinski definition) is 3. The zero-order chi connectivity index (χ0) is 25.5. The van der Waals surface area contributed by atoms with E-state index in [0.29, 0.717) is 18.1 Å². The maximum atomic E-state index is 13.1. The summed E-state index contributed by atoms with van der Waals surface area (Å²) in [6.45, 7) is 6.17. The van der Waals surface area contributed by atoms with Crippen LogP contribution in [0.4, 0.5) is 4.39 Å². The largest absolute Gasteiger partial charge is 0.299 e. The van der Waals surface area contributed by atoms with E-state index in [4.69, 9.17) is 0 Å². The van der Waals surface area contributed by atoms with Crippen molar-refractivity contribution < 1.29 is 9.18 Å². The minimum absolute atomic E-state index is 0.173. The number of piperidine rings is 1. The molecule has 194 valence electrons. The molecular formula is C33H39FN2O. The van der Waals surface area contributed by atoms with E-state index >= 15 is 0 Å². The standard InChI is InChI=1S/C33H39FN2O/c34-32-13-9-28(10-14-32)25-35-19-15-26(16-20-35)7-4-8-33(37)31-12-11-29-17-21-36(22-18-30(29)23-31)24-27-5-2-1-3-6-27/h1-3,5-6,9-14,23,26H,4,7-8,15-22,24-25H2. The predicted octanol–water partition coefficient (Wildman–Crippen LogP) is 6.69. The van der Waals surface area contributed by atoms with Gasteiger partial charge in [0.15, 0.2) is 5.78 Å². The Balaban J connectivity index is 1.04. The van der Waals surface area contributed by atoms with Gasteiger partial charge in [0.05, 0.1) is 0 Å². The number of fused-ring (bicyclic) bond motifs is 1. The normalized spacial score (nSPS) is 17.3. The molecule has 3 nitrogen and oxygen atoms in total. The van der Waals surface area contributed by atoms with Crippen LogP contribution in [0.3, 0.4) is 0 Å². The second-order valence-electron chi connectivity index (χ2n) is 10.9. The molecule has 1 saturated heterocycles. The van der Waals surface area contributed by atoms with Gasteiger partial charge in [-0.2, -0.15) is 0 Å². The first-order valence-corrected chi connectivity index (χ1v) is 14.0. The third-order valence-electron chi connectivity index (χ3n) is 8.21. The average Bonchev–Trinajstić information content (AvgIpc) is 3.13. The fraction of sp³-hybridized carbons (Fsp3) is 0.424. The van der Waals surface area contributed by atoms with Gasteiger partial charge in [-0.15, -0.1) is 0 Å². The second-order valence-corrected chi connectivity index (χ2v) is 10.9. The Morgan fingerprint density at radius 2 is 1.41 bits per heavy atom. The summed E-state index contributed by atoms with van der Waals surface area (Å²) in [6, 6.07) is 24.0. The number of carbonyl (C=O) groups is 1. The van der Waals surface area contributed by atoms with Crippen LogP contribution in [0.5, 0.6) is 0 Å². The van der Waals surface area contributed by atoms with Crippen LogP contribution in [0.2, 0.25) is 0 Å². The number of ketones is 1. The van der Waals surface area contributed by atoms with Crippen molar-refractivity contribution >= 4 is 5.78 Å². The van der Waals surface area contributed by atoms with Crippen molar-refractivity contribution in [1.82, 2.24) is 9.80 Å². The van der Waals surface area contributed by atoms with Crippen molar-refractivity contribution in [2.24, 2.45) is 5.92 Å². The number of Topliss-reactive ketones (excluding diaryl/α,β-unsaturated/α-hetero) is 1. The molecule has 4 heteroatoms. The summed E-state index contributed by atoms with van der Waals surface area (Å²) < 4.78 is 13.1. The van der Waals surface area contributed by atoms with Gasteiger partial charge in [0, 0.05) is 38.2 Å². The molecule has 2 aliphatic heterocycles. The lowest BCUT2D eigenvalue weighted by atomic mass is 9.90. The highest BCUT2D eigenvalue weighted by molar-refractivity contribution is 5.96. The Morgan fingerprint density at radius 1 is 0.757 bits per heavy atom. The molecule has 0 bridgehead atoms. The van der Waals surface area contributed by atoms with Crippen molar-refractivity contribution in [2.75, 3.05) is 26.2 Å². The zero-order valence-electron chi connectivity index (χ0n) is 21.9. The van der Waals surface area contributed by atoms with E-state index < -0.39 is 0 Å². The molecular weight excluding hydrogens is 459 g/mol. The van der Waals surface area contributed by atoms with Gasteiger partial charge < -0.3 is 0 Å². The van der Waals surface area contributed by atoms with Crippen molar-refractivity contribution in [2.45, 2.75) is 58.0 Å². The van der Waals surface area contributed by atoms with Crippen LogP contribution in [0.1, 0.15) is 64.7 Å². The number of benzene rings is 3. The fourth-order valence-corrected chi connectivity index (χ4v) is 5.92. The maximum Gasteiger partial charge on any atom is 0.162 e. The van der Waals surface area contributed by atoms with Crippen molar-refractivity contribution in [3.8, 4) is 0 Å². The van der Waals surface area contributed by atoms with Crippen LogP contribution in [-0.2, 0) is 25.9 Å². The van der Waals surface area contributed by atoms with Gasteiger partial charge in [-0.25, -0.2) is 4.39 Å². The van der Waals surface area contributed by atoms with E-state index in [-0.39, 0.29) is 5.82 Å². The molecule has 0 unspecified atom stereocenters. The van der Waals surface area contributed by atoms with Crippen LogP contribution in [0.25, 0.3) is 0 Å². The minimum Gasteiger partial charge on any atom is -0.299 e. The highest BCUT2D eigenvalue weighted by atomic mass is 19.1. The van der Waals surface area contributed by atoms with Crippen LogP contribution >= 0.6 is 0 Å². The molecule has 0 atom stereocenters. The Bertz CT molecular complexity index is 1150. The van der Waals surface area contributed by atoms with Crippen LogP contribution in [0, 0.1) is 11.7 Å². The highest BCUT2D eigenvalue weighted by Gasteiger charge is 2.20. The summed E-state index contributed by atoms with van der Waals surface area (Å²) in [4.78, 5) is 18.0. The van der Waals surface area contributed by atoms with Crippen molar-refractivity contribution in [1.29, 1.82) is 0 Å². The number of hydrogen-bond donors (Lipinski definition) is 0.